The second-order valence-corrected chi connectivity index (χ2v) is 14.2. The van der Waals surface area contributed by atoms with E-state index in [1.165, 1.54) is 0 Å². The predicted octanol–water partition coefficient (Wildman–Crippen LogP) is 14.2. The summed E-state index contributed by atoms with van der Waals surface area (Å²) >= 11 is 0. The van der Waals surface area contributed by atoms with Crippen molar-refractivity contribution in [2.24, 2.45) is 0 Å². The Bertz CT molecular complexity index is 2710. The first-order chi connectivity index (χ1) is 29.4. The molecule has 0 saturated heterocycles. The fourth-order valence-electron chi connectivity index (χ4n) is 7.18. The Morgan fingerprint density at radius 2 is 0.650 bits per heavy atom. The van der Waals surface area contributed by atoms with Crippen molar-refractivity contribution in [1.82, 2.24) is 0 Å². The van der Waals surface area contributed by atoms with E-state index in [2.05, 4.69) is 121 Å². The summed E-state index contributed by atoms with van der Waals surface area (Å²) in [5.41, 5.74) is 12.4. The maximum Gasteiger partial charge on any atom is 0.269 e. The quantitative estimate of drug-likeness (QED) is 0.0702. The molecule has 0 aliphatic rings. The van der Waals surface area contributed by atoms with E-state index in [-0.39, 0.29) is 21.2 Å². The van der Waals surface area contributed by atoms with E-state index in [9.17, 15) is 20.2 Å². The summed E-state index contributed by atoms with van der Waals surface area (Å²) in [6.45, 7) is 0. The number of nitro benzene ring substituents is 2. The monoisotopic (exact) mass is 778 g/mol. The van der Waals surface area contributed by atoms with Crippen LogP contribution in [0.3, 0.4) is 0 Å². The van der Waals surface area contributed by atoms with E-state index < -0.39 is 0 Å². The number of nitro groups is 2. The normalized spacial score (nSPS) is 12.0. The highest BCUT2D eigenvalue weighted by Gasteiger charge is 2.11. The number of rotatable bonds is 12. The molecule has 6 nitrogen and oxygen atoms in total. The van der Waals surface area contributed by atoms with Crippen LogP contribution in [0.4, 0.5) is 11.4 Å². The standard InChI is InChI=1S/C54H38N2O4/c57-55(58)49-33-29-47(30-34-49)53(43-9-3-1-4-10-43)37-41-19-15-39(16-20-41)23-25-45-27-28-46(52-14-8-7-13-51(45)52)26-24-40-17-21-42(22-18-40)38-54(44-11-5-2-6-12-44)48-31-35-50(36-32-48)56(59)60/h1-38H/b25-23-,26-24-,53-37-,54-38-. The lowest BCUT2D eigenvalue weighted by Gasteiger charge is -2.09. The number of hydrogen-bond donors (Lipinski definition) is 0. The second-order valence-electron chi connectivity index (χ2n) is 14.2. The molecule has 0 radical (unpaired) electrons. The lowest BCUT2D eigenvalue weighted by atomic mass is 9.95. The number of hydrogen-bond acceptors (Lipinski definition) is 4. The van der Waals surface area contributed by atoms with Gasteiger partial charge < -0.3 is 0 Å². The van der Waals surface area contributed by atoms with E-state index in [1.807, 2.05) is 60.7 Å². The van der Waals surface area contributed by atoms with Gasteiger partial charge in [-0.05, 0) is 114 Å². The third-order valence-corrected chi connectivity index (χ3v) is 10.3. The van der Waals surface area contributed by atoms with Crippen molar-refractivity contribution >= 4 is 69.7 Å². The summed E-state index contributed by atoms with van der Waals surface area (Å²) in [6, 6.07) is 62.9. The average Bonchev–Trinajstić information content (AvgIpc) is 3.30. The molecule has 8 aromatic rings. The first kappa shape index (κ1) is 38.6. The van der Waals surface area contributed by atoms with Crippen molar-refractivity contribution in [3.05, 3.63) is 270 Å². The van der Waals surface area contributed by atoms with Gasteiger partial charge in [0.25, 0.3) is 11.4 Å². The van der Waals surface area contributed by atoms with Gasteiger partial charge in [0.15, 0.2) is 0 Å². The third kappa shape index (κ3) is 9.15. The number of fused-ring (bicyclic) bond motifs is 1. The van der Waals surface area contributed by atoms with Crippen molar-refractivity contribution in [2.45, 2.75) is 0 Å². The van der Waals surface area contributed by atoms with Crippen LogP contribution in [0, 0.1) is 20.2 Å². The Morgan fingerprint density at radius 1 is 0.333 bits per heavy atom. The van der Waals surface area contributed by atoms with Gasteiger partial charge in [-0.3, -0.25) is 20.2 Å². The minimum absolute atomic E-state index is 0.0654. The molecule has 8 rings (SSSR count). The van der Waals surface area contributed by atoms with E-state index >= 15 is 0 Å². The van der Waals surface area contributed by atoms with Crippen molar-refractivity contribution in [3.8, 4) is 0 Å². The molecule has 0 bridgehead atoms. The number of non-ortho nitro benzene ring substituents is 2. The number of benzene rings is 8. The molecule has 0 atom stereocenters. The van der Waals surface area contributed by atoms with Gasteiger partial charge in [0, 0.05) is 24.3 Å². The lowest BCUT2D eigenvalue weighted by Crippen LogP contribution is -1.91. The Kier molecular flexibility index (Phi) is 11.5. The molecular formula is C54H38N2O4. The zero-order valence-corrected chi connectivity index (χ0v) is 32.5. The molecule has 0 amide bonds. The second kappa shape index (κ2) is 17.9. The SMILES string of the molecule is O=[N+]([O-])c1ccc(/C(=C\c2ccc(/C=C\c3ccc(/C=C\c4ccc(/C=C(/c5ccccc5)c5ccc([N+](=O)[O-])cc5)cc4)c4ccccc34)cc2)c2ccccc2)cc1. The van der Waals surface area contributed by atoms with Gasteiger partial charge >= 0.3 is 0 Å². The first-order valence-electron chi connectivity index (χ1n) is 19.5. The van der Waals surface area contributed by atoms with Gasteiger partial charge in [0.2, 0.25) is 0 Å². The van der Waals surface area contributed by atoms with Crippen molar-refractivity contribution < 1.29 is 9.85 Å². The van der Waals surface area contributed by atoms with E-state index in [0.717, 1.165) is 77.6 Å². The molecule has 60 heavy (non-hydrogen) atoms. The largest absolute Gasteiger partial charge is 0.269 e. The summed E-state index contributed by atoms with van der Waals surface area (Å²) < 4.78 is 0. The highest BCUT2D eigenvalue weighted by Crippen LogP contribution is 2.31. The smallest absolute Gasteiger partial charge is 0.258 e. The lowest BCUT2D eigenvalue weighted by molar-refractivity contribution is -0.385. The minimum atomic E-state index is -0.381. The molecular weight excluding hydrogens is 741 g/mol. The van der Waals surface area contributed by atoms with Crippen LogP contribution < -0.4 is 0 Å². The molecule has 0 heterocycles. The van der Waals surface area contributed by atoms with Crippen LogP contribution in [-0.4, -0.2) is 9.85 Å². The van der Waals surface area contributed by atoms with Crippen molar-refractivity contribution in [2.75, 3.05) is 0 Å². The Labute approximate surface area is 348 Å². The van der Waals surface area contributed by atoms with E-state index in [1.54, 1.807) is 48.5 Å². The molecule has 0 N–H and O–H groups in total. The third-order valence-electron chi connectivity index (χ3n) is 10.3. The van der Waals surface area contributed by atoms with Crippen LogP contribution in [0.15, 0.2) is 194 Å². The van der Waals surface area contributed by atoms with Crippen LogP contribution in [0.2, 0.25) is 0 Å². The van der Waals surface area contributed by atoms with Gasteiger partial charge in [-0.15, -0.1) is 0 Å². The average molecular weight is 779 g/mol. The van der Waals surface area contributed by atoms with E-state index in [4.69, 9.17) is 0 Å². The molecule has 0 spiro atoms. The van der Waals surface area contributed by atoms with Crippen molar-refractivity contribution in [3.63, 3.8) is 0 Å². The molecule has 0 unspecified atom stereocenters. The summed E-state index contributed by atoms with van der Waals surface area (Å²) in [7, 11) is 0. The van der Waals surface area contributed by atoms with Gasteiger partial charge in [-0.2, -0.15) is 0 Å². The Balaban J connectivity index is 1.00. The Hall–Kier alpha value is -8.22. The van der Waals surface area contributed by atoms with Crippen LogP contribution in [0.1, 0.15) is 55.6 Å². The summed E-state index contributed by atoms with van der Waals surface area (Å²) in [4.78, 5) is 21.7. The molecule has 0 aromatic heterocycles. The molecule has 0 aliphatic carbocycles. The molecule has 0 aliphatic heterocycles. The van der Waals surface area contributed by atoms with E-state index in [0.29, 0.717) is 0 Å². The zero-order chi connectivity index (χ0) is 41.3. The Morgan fingerprint density at radius 3 is 1.00 bits per heavy atom. The van der Waals surface area contributed by atoms with Crippen molar-refractivity contribution in [1.29, 1.82) is 0 Å². The molecule has 6 heteroatoms. The van der Waals surface area contributed by atoms with Crippen LogP contribution in [0.25, 0.3) is 58.4 Å². The van der Waals surface area contributed by atoms with Gasteiger partial charge in [0.05, 0.1) is 9.85 Å². The highest BCUT2D eigenvalue weighted by atomic mass is 16.6. The summed E-state index contributed by atoms with van der Waals surface area (Å²) in [5, 5.41) is 24.8. The minimum Gasteiger partial charge on any atom is -0.258 e. The maximum absolute atomic E-state index is 11.3. The highest BCUT2D eigenvalue weighted by molar-refractivity contribution is 5.99. The van der Waals surface area contributed by atoms with Gasteiger partial charge in [-0.1, -0.05) is 170 Å². The van der Waals surface area contributed by atoms with Crippen LogP contribution >= 0.6 is 0 Å². The van der Waals surface area contributed by atoms with Gasteiger partial charge in [0.1, 0.15) is 0 Å². The number of nitrogens with zero attached hydrogens (tertiary/aromatic N) is 2. The summed E-state index contributed by atoms with van der Waals surface area (Å²) in [5.74, 6) is 0. The van der Waals surface area contributed by atoms with Gasteiger partial charge in [-0.25, -0.2) is 0 Å². The fraction of sp³-hybridized carbons (Fsp3) is 0. The zero-order valence-electron chi connectivity index (χ0n) is 32.5. The molecule has 0 saturated carbocycles. The topological polar surface area (TPSA) is 86.3 Å². The molecule has 0 fully saturated rings. The van der Waals surface area contributed by atoms with Crippen LogP contribution in [-0.2, 0) is 0 Å². The first-order valence-corrected chi connectivity index (χ1v) is 19.5. The fourth-order valence-corrected chi connectivity index (χ4v) is 7.18. The predicted molar refractivity (Wildman–Crippen MR) is 248 cm³/mol. The van der Waals surface area contributed by atoms with Crippen LogP contribution in [0.5, 0.6) is 0 Å². The molecule has 288 valence electrons. The molecule has 8 aromatic carbocycles. The maximum atomic E-state index is 11.3. The summed E-state index contributed by atoms with van der Waals surface area (Å²) in [6.07, 6.45) is 12.8.